The van der Waals surface area contributed by atoms with Crippen LogP contribution in [0.4, 0.5) is 5.82 Å². The van der Waals surface area contributed by atoms with Gasteiger partial charge in [0.1, 0.15) is 12.2 Å². The maximum absolute atomic E-state index is 10.7. The highest BCUT2D eigenvalue weighted by atomic mass is 127. The zero-order chi connectivity index (χ0) is 8.10. The molecule has 5 heteroatoms. The highest BCUT2D eigenvalue weighted by Crippen LogP contribution is 1.93. The summed E-state index contributed by atoms with van der Waals surface area (Å²) in [5, 5.41) is 2.78. The summed E-state index contributed by atoms with van der Waals surface area (Å²) in [6.45, 7) is 0. The molecule has 0 saturated heterocycles. The lowest BCUT2D eigenvalue weighted by Crippen LogP contribution is -2.02. The van der Waals surface area contributed by atoms with Gasteiger partial charge in [-0.1, -0.05) is 0 Å². The van der Waals surface area contributed by atoms with Gasteiger partial charge in [0, 0.05) is 18.3 Å². The summed E-state index contributed by atoms with van der Waals surface area (Å²) in [4.78, 5) is 13.6. The SMILES string of the molecule is O=c1cc[nH]c(N/C=N/I)c1. The van der Waals surface area contributed by atoms with Gasteiger partial charge in [-0.3, -0.25) is 4.79 Å². The Bertz CT molecular complexity index is 307. The van der Waals surface area contributed by atoms with Crippen LogP contribution in [0.3, 0.4) is 0 Å². The lowest BCUT2D eigenvalue weighted by atomic mass is 10.4. The van der Waals surface area contributed by atoms with E-state index in [1.807, 2.05) is 22.9 Å². The monoisotopic (exact) mass is 263 g/mol. The Kier molecular flexibility index (Phi) is 3.09. The molecule has 2 N–H and O–H groups in total. The number of rotatable bonds is 2. The smallest absolute Gasteiger partial charge is 0.183 e. The zero-order valence-electron chi connectivity index (χ0n) is 5.54. The number of halogens is 1. The molecule has 0 unspecified atom stereocenters. The number of nitrogens with one attached hydrogen (secondary N) is 2. The van der Waals surface area contributed by atoms with Crippen molar-refractivity contribution < 1.29 is 0 Å². The van der Waals surface area contributed by atoms with E-state index >= 15 is 0 Å². The molecule has 0 aromatic carbocycles. The van der Waals surface area contributed by atoms with Gasteiger partial charge in [-0.15, -0.1) is 0 Å². The van der Waals surface area contributed by atoms with Crippen LogP contribution in [0, 0.1) is 0 Å². The van der Waals surface area contributed by atoms with E-state index in [9.17, 15) is 4.79 Å². The number of aromatic nitrogens is 1. The van der Waals surface area contributed by atoms with Crippen LogP contribution in [0.1, 0.15) is 0 Å². The fourth-order valence-electron chi connectivity index (χ4n) is 0.623. The summed E-state index contributed by atoms with van der Waals surface area (Å²) < 4.78 is 3.67. The number of hydrogen-bond acceptors (Lipinski definition) is 2. The zero-order valence-corrected chi connectivity index (χ0v) is 7.70. The number of pyridine rings is 1. The first kappa shape index (κ1) is 8.25. The Morgan fingerprint density at radius 2 is 2.55 bits per heavy atom. The minimum atomic E-state index is -0.0342. The topological polar surface area (TPSA) is 57.2 Å². The van der Waals surface area contributed by atoms with E-state index in [1.54, 1.807) is 6.20 Å². The first-order valence-electron chi connectivity index (χ1n) is 2.91. The Balaban J connectivity index is 2.79. The summed E-state index contributed by atoms with van der Waals surface area (Å²) in [5.74, 6) is 0.637. The highest BCUT2D eigenvalue weighted by molar-refractivity contribution is 14.1. The van der Waals surface area contributed by atoms with Crippen molar-refractivity contribution in [2.75, 3.05) is 5.32 Å². The molecule has 1 rings (SSSR count). The van der Waals surface area contributed by atoms with Gasteiger partial charge in [0.25, 0.3) is 0 Å². The summed E-state index contributed by atoms with van der Waals surface area (Å²) in [5.41, 5.74) is -0.0342. The maximum Gasteiger partial charge on any atom is 0.183 e. The molecule has 0 radical (unpaired) electrons. The van der Waals surface area contributed by atoms with Crippen molar-refractivity contribution in [3.8, 4) is 0 Å². The van der Waals surface area contributed by atoms with Crippen LogP contribution in [0.2, 0.25) is 0 Å². The van der Waals surface area contributed by atoms with E-state index in [-0.39, 0.29) is 5.43 Å². The molecule has 0 fully saturated rings. The van der Waals surface area contributed by atoms with Crippen LogP contribution in [-0.2, 0) is 0 Å². The van der Waals surface area contributed by atoms with Crippen molar-refractivity contribution in [1.82, 2.24) is 4.98 Å². The Labute approximate surface area is 77.2 Å². The number of aromatic amines is 1. The predicted octanol–water partition coefficient (Wildman–Crippen LogP) is 1.17. The highest BCUT2D eigenvalue weighted by Gasteiger charge is 1.87. The maximum atomic E-state index is 10.7. The minimum Gasteiger partial charge on any atom is -0.348 e. The standard InChI is InChI=1S/C6H6IN3O/c7-10-4-9-6-3-5(11)1-2-8-6/h1-4H,(H2,8,9,10,11). The Hall–Kier alpha value is -0.850. The average Bonchev–Trinajstić information content (AvgIpc) is 2.01. The molecular formula is C6H6IN3O. The largest absolute Gasteiger partial charge is 0.348 e. The molecule has 4 nitrogen and oxygen atoms in total. The molecule has 0 aliphatic carbocycles. The van der Waals surface area contributed by atoms with Crippen LogP contribution >= 0.6 is 22.9 Å². The average molecular weight is 263 g/mol. The van der Waals surface area contributed by atoms with Crippen LogP contribution in [-0.4, -0.2) is 11.3 Å². The van der Waals surface area contributed by atoms with E-state index in [1.165, 1.54) is 18.5 Å². The van der Waals surface area contributed by atoms with E-state index in [0.29, 0.717) is 5.82 Å². The number of hydrogen-bond donors (Lipinski definition) is 2. The second-order valence-corrected chi connectivity index (χ2v) is 2.37. The van der Waals surface area contributed by atoms with Crippen molar-refractivity contribution in [3.63, 3.8) is 0 Å². The van der Waals surface area contributed by atoms with Gasteiger partial charge in [-0.25, -0.2) is 3.21 Å². The molecule has 0 amide bonds. The van der Waals surface area contributed by atoms with Crippen LogP contribution in [0.25, 0.3) is 0 Å². The van der Waals surface area contributed by atoms with E-state index in [2.05, 4.69) is 13.5 Å². The van der Waals surface area contributed by atoms with E-state index < -0.39 is 0 Å². The lowest BCUT2D eigenvalue weighted by Gasteiger charge is -1.95. The van der Waals surface area contributed by atoms with E-state index in [4.69, 9.17) is 0 Å². The van der Waals surface area contributed by atoms with Crippen molar-refractivity contribution in [2.45, 2.75) is 0 Å². The van der Waals surface area contributed by atoms with Gasteiger partial charge in [0.15, 0.2) is 5.43 Å². The fourth-order valence-corrected chi connectivity index (χ4v) is 0.762. The second kappa shape index (κ2) is 4.12. The molecule has 58 valence electrons. The van der Waals surface area contributed by atoms with Gasteiger partial charge in [0.05, 0.1) is 22.9 Å². The Morgan fingerprint density at radius 3 is 3.18 bits per heavy atom. The molecule has 0 atom stereocenters. The number of nitrogens with zero attached hydrogens (tertiary/aromatic N) is 1. The fraction of sp³-hybridized carbons (Fsp3) is 0. The van der Waals surface area contributed by atoms with Gasteiger partial charge < -0.3 is 10.3 Å². The minimum absolute atomic E-state index is 0.0342. The normalized spacial score (nSPS) is 10.3. The van der Waals surface area contributed by atoms with Crippen molar-refractivity contribution in [2.24, 2.45) is 3.21 Å². The van der Waals surface area contributed by atoms with Gasteiger partial charge >= 0.3 is 0 Å². The third kappa shape index (κ3) is 2.71. The van der Waals surface area contributed by atoms with Crippen LogP contribution < -0.4 is 10.7 Å². The van der Waals surface area contributed by atoms with Crippen molar-refractivity contribution >= 4 is 35.0 Å². The second-order valence-electron chi connectivity index (χ2n) is 1.81. The summed E-state index contributed by atoms with van der Waals surface area (Å²) in [7, 11) is 0. The summed E-state index contributed by atoms with van der Waals surface area (Å²) >= 11 is 1.84. The predicted molar refractivity (Wildman–Crippen MR) is 53.2 cm³/mol. The number of anilines is 1. The molecule has 0 spiro atoms. The molecule has 1 heterocycles. The van der Waals surface area contributed by atoms with Crippen molar-refractivity contribution in [3.05, 3.63) is 28.6 Å². The van der Waals surface area contributed by atoms with Gasteiger partial charge in [-0.05, 0) is 0 Å². The molecule has 0 aliphatic heterocycles. The molecule has 0 aliphatic rings. The first-order valence-corrected chi connectivity index (χ1v) is 3.87. The quantitative estimate of drug-likeness (QED) is 0.478. The molecule has 11 heavy (non-hydrogen) atoms. The third-order valence-corrected chi connectivity index (χ3v) is 1.32. The number of H-pyrrole nitrogens is 1. The molecule has 1 aromatic heterocycles. The first-order chi connectivity index (χ1) is 5.33. The van der Waals surface area contributed by atoms with Crippen molar-refractivity contribution in [1.29, 1.82) is 0 Å². The Morgan fingerprint density at radius 1 is 1.73 bits per heavy atom. The summed E-state index contributed by atoms with van der Waals surface area (Å²) in [6.07, 6.45) is 3.07. The summed E-state index contributed by atoms with van der Waals surface area (Å²) in [6, 6.07) is 2.91. The molecule has 0 saturated carbocycles. The van der Waals surface area contributed by atoms with Crippen LogP contribution in [0.5, 0.6) is 0 Å². The third-order valence-electron chi connectivity index (χ3n) is 1.04. The van der Waals surface area contributed by atoms with Gasteiger partial charge in [-0.2, -0.15) is 0 Å². The van der Waals surface area contributed by atoms with E-state index in [0.717, 1.165) is 0 Å². The van der Waals surface area contributed by atoms with Gasteiger partial charge in [0.2, 0.25) is 0 Å². The van der Waals surface area contributed by atoms with Crippen LogP contribution in [0.15, 0.2) is 26.3 Å². The molecular weight excluding hydrogens is 257 g/mol. The molecule has 0 bridgehead atoms. The molecule has 1 aromatic rings. The lowest BCUT2D eigenvalue weighted by molar-refractivity contribution is 1.30.